The highest BCUT2D eigenvalue weighted by atomic mass is 16.3. The molecule has 5 rings (SSSR count). The molecule has 7 nitrogen and oxygen atoms in total. The molecular formula is C30H35N5O2. The number of anilines is 1. The van der Waals surface area contributed by atoms with Crippen molar-refractivity contribution >= 4 is 22.6 Å². The topological polar surface area (TPSA) is 75.7 Å². The zero-order valence-corrected chi connectivity index (χ0v) is 22.1. The summed E-state index contributed by atoms with van der Waals surface area (Å²) in [6.07, 6.45) is 3.92. The van der Waals surface area contributed by atoms with Crippen molar-refractivity contribution in [3.05, 3.63) is 71.5 Å². The lowest BCUT2D eigenvalue weighted by Gasteiger charge is -2.37. The van der Waals surface area contributed by atoms with Crippen molar-refractivity contribution in [2.24, 2.45) is 0 Å². The zero-order valence-electron chi connectivity index (χ0n) is 22.1. The number of nitrogens with one attached hydrogen (secondary N) is 1. The molecule has 7 heteroatoms. The molecular weight excluding hydrogens is 462 g/mol. The lowest BCUT2D eigenvalue weighted by molar-refractivity contribution is 0.0827. The quantitative estimate of drug-likeness (QED) is 0.415. The normalized spacial score (nSPS) is 14.4. The van der Waals surface area contributed by atoms with Gasteiger partial charge in [0.15, 0.2) is 0 Å². The Balaban J connectivity index is 1.44. The minimum Gasteiger partial charge on any atom is -0.395 e. The van der Waals surface area contributed by atoms with Crippen LogP contribution in [-0.2, 0) is 0 Å². The number of piperazine rings is 1. The van der Waals surface area contributed by atoms with E-state index in [0.717, 1.165) is 66.0 Å². The van der Waals surface area contributed by atoms with E-state index in [4.69, 9.17) is 4.98 Å². The van der Waals surface area contributed by atoms with Crippen LogP contribution < -0.4 is 4.90 Å². The summed E-state index contributed by atoms with van der Waals surface area (Å²) in [6.45, 7) is 9.24. The molecule has 192 valence electrons. The number of aromatic nitrogens is 2. The summed E-state index contributed by atoms with van der Waals surface area (Å²) in [5, 5.41) is 10.3. The summed E-state index contributed by atoms with van der Waals surface area (Å²) >= 11 is 0. The van der Waals surface area contributed by atoms with E-state index in [1.54, 1.807) is 19.0 Å². The zero-order chi connectivity index (χ0) is 26.1. The highest BCUT2D eigenvalue weighted by Gasteiger charge is 2.20. The number of hydrogen-bond donors (Lipinski definition) is 2. The lowest BCUT2D eigenvalue weighted by Crippen LogP contribution is -2.47. The Bertz CT molecular complexity index is 1390. The van der Waals surface area contributed by atoms with Gasteiger partial charge in [0.1, 0.15) is 5.65 Å². The minimum absolute atomic E-state index is 0.00402. The maximum absolute atomic E-state index is 12.3. The summed E-state index contributed by atoms with van der Waals surface area (Å²) < 4.78 is 0. The molecule has 3 heterocycles. The van der Waals surface area contributed by atoms with Gasteiger partial charge in [0, 0.05) is 87.0 Å². The number of amides is 1. The van der Waals surface area contributed by atoms with Gasteiger partial charge in [-0.15, -0.1) is 0 Å². The van der Waals surface area contributed by atoms with Crippen LogP contribution >= 0.6 is 0 Å². The average molecular weight is 498 g/mol. The van der Waals surface area contributed by atoms with E-state index in [9.17, 15) is 9.90 Å². The number of benzene rings is 2. The first-order valence-corrected chi connectivity index (χ1v) is 12.8. The van der Waals surface area contributed by atoms with Gasteiger partial charge in [0.2, 0.25) is 0 Å². The van der Waals surface area contributed by atoms with E-state index in [-0.39, 0.29) is 12.5 Å². The average Bonchev–Trinajstić information content (AvgIpc) is 3.32. The fourth-order valence-electron chi connectivity index (χ4n) is 5.41. The van der Waals surface area contributed by atoms with Crippen LogP contribution in [0.15, 0.2) is 54.9 Å². The predicted octanol–water partition coefficient (Wildman–Crippen LogP) is 4.33. The molecule has 1 aliphatic rings. The van der Waals surface area contributed by atoms with Crippen LogP contribution in [0, 0.1) is 13.8 Å². The molecule has 4 aromatic rings. The lowest BCUT2D eigenvalue weighted by atomic mass is 9.97. The van der Waals surface area contributed by atoms with Gasteiger partial charge < -0.3 is 19.9 Å². The Kier molecular flexibility index (Phi) is 7.00. The molecule has 0 aliphatic carbocycles. The maximum atomic E-state index is 12.3. The standard InChI is InChI=1S/C30H35N5O2/c1-20-15-24(16-21(2)28(20)35-11-9-34(10-12-35)13-14-36)25-17-26-27(19-32-29(26)31-18-25)22-5-7-23(8-6-22)30(37)33(3)4/h5-8,15-19,36H,9-14H2,1-4H3,(H,31,32). The summed E-state index contributed by atoms with van der Waals surface area (Å²) in [5.74, 6) is -0.00402. The molecule has 1 amide bonds. The molecule has 1 fully saturated rings. The molecule has 2 N–H and O–H groups in total. The molecule has 2 aromatic carbocycles. The predicted molar refractivity (Wildman–Crippen MR) is 150 cm³/mol. The Morgan fingerprint density at radius 2 is 1.65 bits per heavy atom. The number of aromatic amines is 1. The van der Waals surface area contributed by atoms with Crippen LogP contribution in [0.3, 0.4) is 0 Å². The molecule has 0 bridgehead atoms. The summed E-state index contributed by atoms with van der Waals surface area (Å²) in [5.41, 5.74) is 9.72. The van der Waals surface area contributed by atoms with Gasteiger partial charge in [-0.25, -0.2) is 4.98 Å². The van der Waals surface area contributed by atoms with Crippen molar-refractivity contribution in [3.8, 4) is 22.3 Å². The van der Waals surface area contributed by atoms with E-state index in [0.29, 0.717) is 5.56 Å². The number of nitrogens with zero attached hydrogens (tertiary/aromatic N) is 4. The van der Waals surface area contributed by atoms with Gasteiger partial charge in [-0.05, 0) is 66.4 Å². The Labute approximate surface area is 218 Å². The van der Waals surface area contributed by atoms with E-state index >= 15 is 0 Å². The van der Waals surface area contributed by atoms with Gasteiger partial charge in [0.25, 0.3) is 5.91 Å². The molecule has 0 atom stereocenters. The minimum atomic E-state index is -0.00402. The SMILES string of the molecule is Cc1cc(-c2cnc3[nH]cc(-c4ccc(C(=O)N(C)C)cc4)c3c2)cc(C)c1N1CCN(CCO)CC1. The highest BCUT2D eigenvalue weighted by molar-refractivity contribution is 5.98. The first-order valence-electron chi connectivity index (χ1n) is 12.8. The Hall–Kier alpha value is -3.68. The fraction of sp³-hybridized carbons (Fsp3) is 0.333. The van der Waals surface area contributed by atoms with Gasteiger partial charge >= 0.3 is 0 Å². The number of aliphatic hydroxyl groups is 1. The van der Waals surface area contributed by atoms with Gasteiger partial charge in [-0.3, -0.25) is 9.69 Å². The van der Waals surface area contributed by atoms with Crippen molar-refractivity contribution in [2.75, 3.05) is 58.3 Å². The van der Waals surface area contributed by atoms with Crippen LogP contribution in [0.1, 0.15) is 21.5 Å². The van der Waals surface area contributed by atoms with Crippen molar-refractivity contribution < 1.29 is 9.90 Å². The fourth-order valence-corrected chi connectivity index (χ4v) is 5.41. The van der Waals surface area contributed by atoms with Crippen LogP contribution in [0.25, 0.3) is 33.3 Å². The number of H-pyrrole nitrogens is 1. The smallest absolute Gasteiger partial charge is 0.253 e. The maximum Gasteiger partial charge on any atom is 0.253 e. The third-order valence-electron chi connectivity index (χ3n) is 7.31. The monoisotopic (exact) mass is 497 g/mol. The number of pyridine rings is 1. The van der Waals surface area contributed by atoms with Crippen LogP contribution in [-0.4, -0.2) is 84.2 Å². The third kappa shape index (κ3) is 4.97. The summed E-state index contributed by atoms with van der Waals surface area (Å²) in [7, 11) is 3.52. The Morgan fingerprint density at radius 1 is 0.973 bits per heavy atom. The summed E-state index contributed by atoms with van der Waals surface area (Å²) in [6, 6.07) is 14.5. The second kappa shape index (κ2) is 10.4. The molecule has 0 spiro atoms. The third-order valence-corrected chi connectivity index (χ3v) is 7.31. The van der Waals surface area contributed by atoms with Crippen LogP contribution in [0.5, 0.6) is 0 Å². The van der Waals surface area contributed by atoms with Crippen molar-refractivity contribution in [2.45, 2.75) is 13.8 Å². The molecule has 37 heavy (non-hydrogen) atoms. The second-order valence-electron chi connectivity index (χ2n) is 10.1. The number of aliphatic hydroxyl groups excluding tert-OH is 1. The van der Waals surface area contributed by atoms with Crippen molar-refractivity contribution in [1.82, 2.24) is 19.8 Å². The molecule has 0 unspecified atom stereocenters. The number of carbonyl (C=O) groups is 1. The number of fused-ring (bicyclic) bond motifs is 1. The van der Waals surface area contributed by atoms with Crippen LogP contribution in [0.4, 0.5) is 5.69 Å². The summed E-state index contributed by atoms with van der Waals surface area (Å²) in [4.78, 5) is 26.7. The second-order valence-corrected chi connectivity index (χ2v) is 10.1. The van der Waals surface area contributed by atoms with Crippen molar-refractivity contribution in [1.29, 1.82) is 0 Å². The van der Waals surface area contributed by atoms with Gasteiger partial charge in [-0.1, -0.05) is 12.1 Å². The highest BCUT2D eigenvalue weighted by Crippen LogP contribution is 2.35. The number of aryl methyl sites for hydroxylation is 2. The molecule has 1 saturated heterocycles. The number of hydrogen-bond acceptors (Lipinski definition) is 5. The number of β-amino-alcohol motifs (C(OH)–C–C–N with tert-alkyl or cyclic N) is 1. The molecule has 0 saturated carbocycles. The van der Waals surface area contributed by atoms with E-state index in [2.05, 4.69) is 46.8 Å². The largest absolute Gasteiger partial charge is 0.395 e. The number of rotatable bonds is 6. The Morgan fingerprint density at radius 3 is 2.27 bits per heavy atom. The first kappa shape index (κ1) is 25.0. The van der Waals surface area contributed by atoms with E-state index < -0.39 is 0 Å². The molecule has 0 radical (unpaired) electrons. The van der Waals surface area contributed by atoms with Gasteiger partial charge in [-0.2, -0.15) is 0 Å². The first-order chi connectivity index (χ1) is 17.9. The van der Waals surface area contributed by atoms with E-state index in [1.165, 1.54) is 16.8 Å². The number of carbonyl (C=O) groups excluding carboxylic acids is 1. The van der Waals surface area contributed by atoms with Crippen molar-refractivity contribution in [3.63, 3.8) is 0 Å². The molecule has 2 aromatic heterocycles. The molecule has 1 aliphatic heterocycles. The van der Waals surface area contributed by atoms with Crippen LogP contribution in [0.2, 0.25) is 0 Å². The van der Waals surface area contributed by atoms with E-state index in [1.807, 2.05) is 36.7 Å². The van der Waals surface area contributed by atoms with Gasteiger partial charge in [0.05, 0.1) is 6.61 Å².